The molecule has 0 bridgehead atoms. The molecule has 0 amide bonds. The number of hydrogen-bond acceptors (Lipinski definition) is 4. The van der Waals surface area contributed by atoms with Gasteiger partial charge in [0.2, 0.25) is 0 Å². The Hall–Kier alpha value is -1.37. The molecule has 0 saturated carbocycles. The van der Waals surface area contributed by atoms with Crippen molar-refractivity contribution in [3.63, 3.8) is 0 Å². The van der Waals surface area contributed by atoms with Crippen molar-refractivity contribution < 1.29 is 23.8 Å². The summed E-state index contributed by atoms with van der Waals surface area (Å²) < 4.78 is 16.3. The zero-order chi connectivity index (χ0) is 17.0. The third-order valence-electron chi connectivity index (χ3n) is 4.05. The average molecular weight is 326 g/mol. The van der Waals surface area contributed by atoms with E-state index in [1.54, 1.807) is 18.2 Å². The van der Waals surface area contributed by atoms with Gasteiger partial charge in [0.25, 0.3) is 0 Å². The van der Waals surface area contributed by atoms with Crippen LogP contribution in [0.3, 0.4) is 0 Å². The number of methoxy groups -OCH3 is 1. The van der Waals surface area contributed by atoms with Crippen LogP contribution in [0, 0.1) is 0 Å². The number of rotatable bonds is 7. The molecule has 0 heterocycles. The highest BCUT2D eigenvalue weighted by Crippen LogP contribution is 2.37. The third-order valence-corrected chi connectivity index (χ3v) is 8.53. The number of ether oxygens (including phenoxy) is 2. The minimum absolute atomic E-state index is 0.00677. The highest BCUT2D eigenvalue weighted by Gasteiger charge is 2.37. The summed E-state index contributed by atoms with van der Waals surface area (Å²) >= 11 is 0. The van der Waals surface area contributed by atoms with Crippen LogP contribution in [0.4, 0.5) is 0 Å². The number of hydrogen-bond donors (Lipinski definition) is 1. The van der Waals surface area contributed by atoms with Gasteiger partial charge in [-0.15, -0.1) is 0 Å². The normalized spacial score (nSPS) is 12.3. The highest BCUT2D eigenvalue weighted by molar-refractivity contribution is 6.74. The van der Waals surface area contributed by atoms with Gasteiger partial charge >= 0.3 is 5.97 Å². The molecule has 0 atom stereocenters. The largest absolute Gasteiger partial charge is 0.478 e. The minimum atomic E-state index is -1.95. The molecule has 0 fully saturated rings. The Balaban J connectivity index is 3.02. The lowest BCUT2D eigenvalue weighted by Gasteiger charge is -2.36. The molecule has 0 aliphatic heterocycles. The zero-order valence-corrected chi connectivity index (χ0v) is 15.2. The van der Waals surface area contributed by atoms with E-state index in [2.05, 4.69) is 33.9 Å². The van der Waals surface area contributed by atoms with Gasteiger partial charge in [0.1, 0.15) is 11.3 Å². The van der Waals surface area contributed by atoms with Gasteiger partial charge in [-0.2, -0.15) is 0 Å². The van der Waals surface area contributed by atoms with Gasteiger partial charge in [-0.25, -0.2) is 4.79 Å². The summed E-state index contributed by atoms with van der Waals surface area (Å²) in [5, 5.41) is 9.54. The van der Waals surface area contributed by atoms with Crippen molar-refractivity contribution >= 4 is 14.3 Å². The van der Waals surface area contributed by atoms with Crippen LogP contribution in [-0.4, -0.2) is 33.3 Å². The van der Waals surface area contributed by atoms with Gasteiger partial charge in [0, 0.05) is 7.11 Å². The SMILES string of the molecule is COCOc1cccc(CO[Si](C)(C)C(C)(C)C)c1C(=O)O. The monoisotopic (exact) mass is 326 g/mol. The fraction of sp³-hybridized carbons (Fsp3) is 0.562. The van der Waals surface area contributed by atoms with Crippen LogP contribution in [0.1, 0.15) is 36.7 Å². The molecule has 0 radical (unpaired) electrons. The Labute approximate surface area is 133 Å². The van der Waals surface area contributed by atoms with Crippen molar-refractivity contribution in [3.05, 3.63) is 29.3 Å². The molecule has 0 saturated heterocycles. The van der Waals surface area contributed by atoms with E-state index in [1.807, 2.05) is 0 Å². The zero-order valence-electron chi connectivity index (χ0n) is 14.2. The summed E-state index contributed by atoms with van der Waals surface area (Å²) in [6.45, 7) is 11.0. The van der Waals surface area contributed by atoms with Crippen molar-refractivity contribution in [2.75, 3.05) is 13.9 Å². The summed E-state index contributed by atoms with van der Waals surface area (Å²) in [7, 11) is -0.456. The second kappa shape index (κ2) is 7.26. The molecular weight excluding hydrogens is 300 g/mol. The first kappa shape index (κ1) is 18.7. The van der Waals surface area contributed by atoms with Crippen LogP contribution in [-0.2, 0) is 15.8 Å². The van der Waals surface area contributed by atoms with E-state index in [0.29, 0.717) is 11.3 Å². The van der Waals surface area contributed by atoms with E-state index in [0.717, 1.165) is 0 Å². The molecule has 0 unspecified atom stereocenters. The van der Waals surface area contributed by atoms with Gasteiger partial charge in [0.15, 0.2) is 15.1 Å². The van der Waals surface area contributed by atoms with E-state index >= 15 is 0 Å². The molecule has 1 N–H and O–H groups in total. The van der Waals surface area contributed by atoms with Crippen molar-refractivity contribution in [2.24, 2.45) is 0 Å². The van der Waals surface area contributed by atoms with Crippen molar-refractivity contribution in [1.82, 2.24) is 0 Å². The molecule has 1 aromatic rings. The van der Waals surface area contributed by atoms with Gasteiger partial charge < -0.3 is 19.0 Å². The van der Waals surface area contributed by atoms with Crippen molar-refractivity contribution in [1.29, 1.82) is 0 Å². The molecule has 6 heteroatoms. The molecule has 1 aromatic carbocycles. The first-order chi connectivity index (χ1) is 10.1. The van der Waals surface area contributed by atoms with Gasteiger partial charge in [-0.1, -0.05) is 32.9 Å². The third kappa shape index (κ3) is 4.56. The standard InChI is InChI=1S/C16H26O5Si/c1-16(2,3)22(5,6)21-10-12-8-7-9-13(20-11-19-4)14(12)15(17)18/h7-9H,10-11H2,1-6H3,(H,17,18). The quantitative estimate of drug-likeness (QED) is 0.608. The number of carbonyl (C=O) groups is 1. The second-order valence-electron chi connectivity index (χ2n) is 6.70. The predicted molar refractivity (Wildman–Crippen MR) is 87.9 cm³/mol. The van der Waals surface area contributed by atoms with E-state index in [-0.39, 0.29) is 24.0 Å². The van der Waals surface area contributed by atoms with Gasteiger partial charge in [-0.3, -0.25) is 0 Å². The number of benzene rings is 1. The Kier molecular flexibility index (Phi) is 6.16. The summed E-state index contributed by atoms with van der Waals surface area (Å²) in [4.78, 5) is 11.6. The van der Waals surface area contributed by atoms with Crippen LogP contribution in [0.5, 0.6) is 5.75 Å². The van der Waals surface area contributed by atoms with Crippen molar-refractivity contribution in [2.45, 2.75) is 45.5 Å². The molecule has 124 valence electrons. The van der Waals surface area contributed by atoms with Crippen LogP contribution in [0.25, 0.3) is 0 Å². The van der Waals surface area contributed by atoms with Crippen molar-refractivity contribution in [3.8, 4) is 5.75 Å². The number of carboxylic acid groups (broad SMARTS) is 1. The molecule has 0 spiro atoms. The Morgan fingerprint density at radius 1 is 1.27 bits per heavy atom. The van der Waals surface area contributed by atoms with E-state index in [1.165, 1.54) is 7.11 Å². The maximum Gasteiger partial charge on any atom is 0.339 e. The first-order valence-corrected chi connectivity index (χ1v) is 10.1. The average Bonchev–Trinajstić information content (AvgIpc) is 2.41. The molecule has 0 aliphatic rings. The molecular formula is C16H26O5Si. The minimum Gasteiger partial charge on any atom is -0.478 e. The highest BCUT2D eigenvalue weighted by atomic mass is 28.4. The van der Waals surface area contributed by atoms with Crippen LogP contribution in [0.2, 0.25) is 18.1 Å². The molecule has 0 aliphatic carbocycles. The van der Waals surface area contributed by atoms with Gasteiger partial charge in [0.05, 0.1) is 6.61 Å². The van der Waals surface area contributed by atoms with Crippen LogP contribution in [0.15, 0.2) is 18.2 Å². The molecule has 5 nitrogen and oxygen atoms in total. The van der Waals surface area contributed by atoms with Gasteiger partial charge in [-0.05, 0) is 29.8 Å². The van der Waals surface area contributed by atoms with E-state index in [4.69, 9.17) is 13.9 Å². The fourth-order valence-corrected chi connectivity index (χ4v) is 2.61. The maximum absolute atomic E-state index is 11.6. The lowest BCUT2D eigenvalue weighted by atomic mass is 10.1. The lowest BCUT2D eigenvalue weighted by Crippen LogP contribution is -2.40. The smallest absolute Gasteiger partial charge is 0.339 e. The Bertz CT molecular complexity index is 520. The Morgan fingerprint density at radius 2 is 1.91 bits per heavy atom. The molecule has 22 heavy (non-hydrogen) atoms. The molecule has 1 rings (SSSR count). The summed E-state index contributed by atoms with van der Waals surface area (Å²) in [6, 6.07) is 5.15. The van der Waals surface area contributed by atoms with Crippen LogP contribution < -0.4 is 4.74 Å². The summed E-state index contributed by atoms with van der Waals surface area (Å²) in [5.41, 5.74) is 0.754. The van der Waals surface area contributed by atoms with E-state index < -0.39 is 14.3 Å². The maximum atomic E-state index is 11.6. The lowest BCUT2D eigenvalue weighted by molar-refractivity contribution is 0.0481. The second-order valence-corrected chi connectivity index (χ2v) is 11.5. The predicted octanol–water partition coefficient (Wildman–Crippen LogP) is 3.89. The number of carboxylic acids is 1. The van der Waals surface area contributed by atoms with E-state index in [9.17, 15) is 9.90 Å². The topological polar surface area (TPSA) is 65.0 Å². The summed E-state index contributed by atoms with van der Waals surface area (Å²) in [6.07, 6.45) is 0. The van der Waals surface area contributed by atoms with Crippen LogP contribution >= 0.6 is 0 Å². The Morgan fingerprint density at radius 3 is 2.41 bits per heavy atom. The summed E-state index contributed by atoms with van der Waals surface area (Å²) in [5.74, 6) is -0.730. The molecule has 0 aromatic heterocycles. The number of aromatic carboxylic acids is 1. The fourth-order valence-electron chi connectivity index (χ4n) is 1.66. The first-order valence-electron chi connectivity index (χ1n) is 7.21.